The largest absolute Gasteiger partial charge is 0.485 e. The van der Waals surface area contributed by atoms with Crippen molar-refractivity contribution in [2.75, 3.05) is 12.4 Å². The summed E-state index contributed by atoms with van der Waals surface area (Å²) in [7, 11) is 0. The molecule has 2 aliphatic heterocycles. The predicted molar refractivity (Wildman–Crippen MR) is 112 cm³/mol. The molecule has 6 nitrogen and oxygen atoms in total. The van der Waals surface area contributed by atoms with Crippen LogP contribution >= 0.6 is 23.4 Å². The molecule has 2 aliphatic rings. The lowest BCUT2D eigenvalue weighted by molar-refractivity contribution is -0.130. The van der Waals surface area contributed by atoms with E-state index in [-0.39, 0.29) is 12.5 Å². The van der Waals surface area contributed by atoms with E-state index in [0.29, 0.717) is 23.1 Å². The highest BCUT2D eigenvalue weighted by Crippen LogP contribution is 2.34. The normalized spacial score (nSPS) is 17.1. The Morgan fingerprint density at radius 1 is 1.21 bits per heavy atom. The van der Waals surface area contributed by atoms with E-state index in [4.69, 9.17) is 26.1 Å². The third kappa shape index (κ3) is 3.56. The van der Waals surface area contributed by atoms with Crippen molar-refractivity contribution in [2.24, 2.45) is 0 Å². The van der Waals surface area contributed by atoms with Crippen molar-refractivity contribution in [3.05, 3.63) is 59.2 Å². The molecule has 0 spiro atoms. The van der Waals surface area contributed by atoms with Gasteiger partial charge in [-0.3, -0.25) is 4.79 Å². The second-order valence-corrected chi connectivity index (χ2v) is 8.28. The molecule has 1 N–H and O–H groups in total. The molecule has 3 heterocycles. The first-order valence-corrected chi connectivity index (χ1v) is 10.7. The fourth-order valence-corrected chi connectivity index (χ4v) is 4.58. The van der Waals surface area contributed by atoms with Crippen molar-refractivity contribution >= 4 is 29.3 Å². The molecule has 5 rings (SSSR count). The first-order valence-electron chi connectivity index (χ1n) is 9.33. The SMILES string of the molecule is O=C(NCc1c(-c2ccc(Cl)cc2)nc2n1CCS2)[C@H]1COc2ccccc2O1. The summed E-state index contributed by atoms with van der Waals surface area (Å²) in [5, 5.41) is 4.65. The standard InChI is InChI=1S/C21H18ClN3O3S/c22-14-7-5-13(6-8-14)19-15(25-9-10-29-21(25)24-19)11-23-20(26)18-12-27-16-3-1-2-4-17(16)28-18/h1-8,18H,9-12H2,(H,23,26)/t18-/m1/s1. The van der Waals surface area contributed by atoms with E-state index in [1.807, 2.05) is 42.5 Å². The fraction of sp³-hybridized carbons (Fsp3) is 0.238. The van der Waals surface area contributed by atoms with Crippen LogP contribution in [0.15, 0.2) is 53.7 Å². The number of para-hydroxylation sites is 2. The molecule has 29 heavy (non-hydrogen) atoms. The minimum absolute atomic E-state index is 0.188. The number of carbonyl (C=O) groups is 1. The first-order chi connectivity index (χ1) is 14.2. The van der Waals surface area contributed by atoms with Crippen LogP contribution in [0.4, 0.5) is 0 Å². The van der Waals surface area contributed by atoms with Crippen LogP contribution in [0.25, 0.3) is 11.3 Å². The predicted octanol–water partition coefficient (Wildman–Crippen LogP) is 3.77. The van der Waals surface area contributed by atoms with Gasteiger partial charge < -0.3 is 19.4 Å². The van der Waals surface area contributed by atoms with Gasteiger partial charge in [-0.15, -0.1) is 0 Å². The number of ether oxygens (including phenoxy) is 2. The van der Waals surface area contributed by atoms with E-state index in [2.05, 4.69) is 9.88 Å². The van der Waals surface area contributed by atoms with Crippen molar-refractivity contribution in [3.63, 3.8) is 0 Å². The molecule has 8 heteroatoms. The van der Waals surface area contributed by atoms with Gasteiger partial charge in [0, 0.05) is 22.9 Å². The number of nitrogens with one attached hydrogen (secondary N) is 1. The number of thioether (sulfide) groups is 1. The molecule has 2 aromatic carbocycles. The number of hydrogen-bond donors (Lipinski definition) is 1. The smallest absolute Gasteiger partial charge is 0.265 e. The van der Waals surface area contributed by atoms with Gasteiger partial charge >= 0.3 is 0 Å². The molecule has 0 bridgehead atoms. The minimum atomic E-state index is -0.681. The van der Waals surface area contributed by atoms with Gasteiger partial charge in [0.1, 0.15) is 6.61 Å². The van der Waals surface area contributed by atoms with E-state index >= 15 is 0 Å². The molecule has 0 saturated carbocycles. The summed E-state index contributed by atoms with van der Waals surface area (Å²) in [6.45, 7) is 1.43. The van der Waals surface area contributed by atoms with Crippen molar-refractivity contribution in [1.82, 2.24) is 14.9 Å². The van der Waals surface area contributed by atoms with Crippen LogP contribution in [0.1, 0.15) is 5.69 Å². The highest BCUT2D eigenvalue weighted by molar-refractivity contribution is 7.99. The number of benzene rings is 2. The zero-order chi connectivity index (χ0) is 19.8. The topological polar surface area (TPSA) is 65.4 Å². The van der Waals surface area contributed by atoms with Crippen molar-refractivity contribution in [1.29, 1.82) is 0 Å². The van der Waals surface area contributed by atoms with Crippen molar-refractivity contribution in [3.8, 4) is 22.8 Å². The van der Waals surface area contributed by atoms with Gasteiger partial charge in [-0.2, -0.15) is 0 Å². The Labute approximate surface area is 177 Å². The molecule has 1 aromatic heterocycles. The van der Waals surface area contributed by atoms with Gasteiger partial charge in [-0.25, -0.2) is 4.98 Å². The zero-order valence-electron chi connectivity index (χ0n) is 15.4. The van der Waals surface area contributed by atoms with Crippen LogP contribution < -0.4 is 14.8 Å². The second-order valence-electron chi connectivity index (χ2n) is 6.78. The summed E-state index contributed by atoms with van der Waals surface area (Å²) in [6.07, 6.45) is -0.681. The number of aromatic nitrogens is 2. The molecule has 1 atom stereocenters. The Bertz CT molecular complexity index is 1070. The molecular weight excluding hydrogens is 410 g/mol. The third-order valence-corrected chi connectivity index (χ3v) is 6.14. The summed E-state index contributed by atoms with van der Waals surface area (Å²) in [4.78, 5) is 17.5. The summed E-state index contributed by atoms with van der Waals surface area (Å²) in [6, 6.07) is 15.0. The number of carbonyl (C=O) groups excluding carboxylic acids is 1. The van der Waals surface area contributed by atoms with E-state index in [9.17, 15) is 4.79 Å². The van der Waals surface area contributed by atoms with Gasteiger partial charge in [0.25, 0.3) is 5.91 Å². The number of hydrogen-bond acceptors (Lipinski definition) is 5. The minimum Gasteiger partial charge on any atom is -0.485 e. The number of amides is 1. The average Bonchev–Trinajstić information content (AvgIpc) is 3.34. The Kier molecular flexibility index (Phi) is 4.85. The maximum atomic E-state index is 12.7. The average molecular weight is 428 g/mol. The summed E-state index contributed by atoms with van der Waals surface area (Å²) >= 11 is 7.75. The number of imidazole rings is 1. The molecule has 0 radical (unpaired) electrons. The van der Waals surface area contributed by atoms with Gasteiger partial charge in [0.05, 0.1) is 17.9 Å². The molecule has 0 unspecified atom stereocenters. The Morgan fingerprint density at radius 2 is 2.00 bits per heavy atom. The van der Waals surface area contributed by atoms with E-state index in [1.165, 1.54) is 0 Å². The number of fused-ring (bicyclic) bond motifs is 2. The highest BCUT2D eigenvalue weighted by Gasteiger charge is 2.28. The van der Waals surface area contributed by atoms with Gasteiger partial charge in [-0.1, -0.05) is 47.6 Å². The Hall–Kier alpha value is -2.64. The van der Waals surface area contributed by atoms with Gasteiger partial charge in [-0.05, 0) is 24.3 Å². The second kappa shape index (κ2) is 7.65. The molecule has 3 aromatic rings. The van der Waals surface area contributed by atoms with E-state index < -0.39 is 6.10 Å². The Balaban J connectivity index is 1.34. The van der Waals surface area contributed by atoms with Crippen molar-refractivity contribution in [2.45, 2.75) is 24.3 Å². The highest BCUT2D eigenvalue weighted by atomic mass is 35.5. The van der Waals surface area contributed by atoms with Crippen LogP contribution in [0, 0.1) is 0 Å². The van der Waals surface area contributed by atoms with Crippen LogP contribution in [0.3, 0.4) is 0 Å². The van der Waals surface area contributed by atoms with E-state index in [0.717, 1.165) is 34.4 Å². The maximum Gasteiger partial charge on any atom is 0.265 e. The molecular formula is C21H18ClN3O3S. The summed E-state index contributed by atoms with van der Waals surface area (Å²) < 4.78 is 13.6. The zero-order valence-corrected chi connectivity index (χ0v) is 17.0. The Morgan fingerprint density at radius 3 is 2.83 bits per heavy atom. The summed E-state index contributed by atoms with van der Waals surface area (Å²) in [5.41, 5.74) is 2.83. The van der Waals surface area contributed by atoms with E-state index in [1.54, 1.807) is 17.8 Å². The van der Waals surface area contributed by atoms with Crippen molar-refractivity contribution < 1.29 is 14.3 Å². The van der Waals surface area contributed by atoms with Gasteiger partial charge in [0.2, 0.25) is 6.10 Å². The molecule has 0 fully saturated rings. The monoisotopic (exact) mass is 427 g/mol. The summed E-state index contributed by atoms with van der Waals surface area (Å²) in [5.74, 6) is 2.03. The quantitative estimate of drug-likeness (QED) is 0.686. The number of nitrogens with zero attached hydrogens (tertiary/aromatic N) is 2. The molecule has 0 saturated heterocycles. The molecule has 148 valence electrons. The van der Waals surface area contributed by atoms with Crippen LogP contribution in [-0.4, -0.2) is 33.9 Å². The van der Waals surface area contributed by atoms with Crippen LogP contribution in [-0.2, 0) is 17.9 Å². The molecule has 0 aliphatic carbocycles. The van der Waals surface area contributed by atoms with Crippen LogP contribution in [0.2, 0.25) is 5.02 Å². The fourth-order valence-electron chi connectivity index (χ4n) is 3.48. The number of rotatable bonds is 4. The third-order valence-electron chi connectivity index (χ3n) is 4.93. The van der Waals surface area contributed by atoms with Gasteiger partial charge in [0.15, 0.2) is 16.7 Å². The maximum absolute atomic E-state index is 12.7. The molecule has 1 amide bonds. The van der Waals surface area contributed by atoms with Crippen LogP contribution in [0.5, 0.6) is 11.5 Å². The first kappa shape index (κ1) is 18.4. The lowest BCUT2D eigenvalue weighted by Gasteiger charge is -2.25. The lowest BCUT2D eigenvalue weighted by Crippen LogP contribution is -2.43. The lowest BCUT2D eigenvalue weighted by atomic mass is 10.1. The number of halogens is 1.